The van der Waals surface area contributed by atoms with Gasteiger partial charge in [0.1, 0.15) is 5.75 Å². The van der Waals surface area contributed by atoms with Crippen LogP contribution in [0.15, 0.2) is 36.4 Å². The molecule has 1 amide bonds. The number of hydrogen-bond donors (Lipinski definition) is 2. The summed E-state index contributed by atoms with van der Waals surface area (Å²) in [5, 5.41) is 12.8. The molecular formula is C13H8Cl3NO2. The summed E-state index contributed by atoms with van der Waals surface area (Å²) in [6.45, 7) is 0. The normalized spacial score (nSPS) is 10.3. The quantitative estimate of drug-likeness (QED) is 0.795. The van der Waals surface area contributed by atoms with Gasteiger partial charge in [0, 0.05) is 11.3 Å². The minimum Gasteiger partial charge on any atom is -0.506 e. The van der Waals surface area contributed by atoms with Crippen molar-refractivity contribution in [3.05, 3.63) is 57.0 Å². The van der Waals surface area contributed by atoms with Gasteiger partial charge in [-0.05, 0) is 36.4 Å². The van der Waals surface area contributed by atoms with Crippen LogP contribution in [0.25, 0.3) is 0 Å². The minimum absolute atomic E-state index is 0.0470. The van der Waals surface area contributed by atoms with Crippen molar-refractivity contribution in [1.29, 1.82) is 0 Å². The van der Waals surface area contributed by atoms with Crippen LogP contribution in [0.3, 0.4) is 0 Å². The third kappa shape index (κ3) is 3.32. The van der Waals surface area contributed by atoms with E-state index >= 15 is 0 Å². The lowest BCUT2D eigenvalue weighted by molar-refractivity contribution is 0.102. The SMILES string of the molecule is O=C(Nc1ccc(O)c(Cl)c1)c1ccc(Cl)c(Cl)c1. The van der Waals surface area contributed by atoms with Gasteiger partial charge in [-0.1, -0.05) is 34.8 Å². The van der Waals surface area contributed by atoms with Gasteiger partial charge in [-0.2, -0.15) is 0 Å². The first-order valence-electron chi connectivity index (χ1n) is 5.22. The molecule has 6 heteroatoms. The molecule has 0 unspecified atom stereocenters. The van der Waals surface area contributed by atoms with Crippen molar-refractivity contribution in [3.8, 4) is 5.75 Å². The first kappa shape index (κ1) is 14.0. The van der Waals surface area contributed by atoms with Gasteiger partial charge in [0.05, 0.1) is 15.1 Å². The number of phenolic OH excluding ortho intramolecular Hbond substituents is 1. The van der Waals surface area contributed by atoms with Crippen LogP contribution >= 0.6 is 34.8 Å². The van der Waals surface area contributed by atoms with Crippen LogP contribution in [0.5, 0.6) is 5.75 Å². The van der Waals surface area contributed by atoms with Crippen molar-refractivity contribution < 1.29 is 9.90 Å². The van der Waals surface area contributed by atoms with E-state index in [-0.39, 0.29) is 16.7 Å². The first-order chi connectivity index (χ1) is 8.97. The van der Waals surface area contributed by atoms with Crippen LogP contribution in [0, 0.1) is 0 Å². The molecule has 3 nitrogen and oxygen atoms in total. The fourth-order valence-corrected chi connectivity index (χ4v) is 1.90. The van der Waals surface area contributed by atoms with E-state index in [1.54, 1.807) is 12.1 Å². The van der Waals surface area contributed by atoms with E-state index in [1.165, 1.54) is 24.3 Å². The highest BCUT2D eigenvalue weighted by Gasteiger charge is 2.09. The first-order valence-corrected chi connectivity index (χ1v) is 6.35. The Morgan fingerprint density at radius 3 is 2.32 bits per heavy atom. The van der Waals surface area contributed by atoms with Crippen LogP contribution in [-0.4, -0.2) is 11.0 Å². The van der Waals surface area contributed by atoms with Crippen LogP contribution < -0.4 is 5.32 Å². The summed E-state index contributed by atoms with van der Waals surface area (Å²) in [5.74, 6) is -0.394. The molecule has 0 heterocycles. The Morgan fingerprint density at radius 2 is 1.68 bits per heavy atom. The van der Waals surface area contributed by atoms with Gasteiger partial charge in [-0.3, -0.25) is 4.79 Å². The van der Waals surface area contributed by atoms with E-state index < -0.39 is 0 Å². The summed E-state index contributed by atoms with van der Waals surface area (Å²) in [7, 11) is 0. The summed E-state index contributed by atoms with van der Waals surface area (Å²) in [6, 6.07) is 8.96. The number of halogens is 3. The lowest BCUT2D eigenvalue weighted by Gasteiger charge is -2.07. The lowest BCUT2D eigenvalue weighted by Crippen LogP contribution is -2.11. The minimum atomic E-state index is -0.347. The lowest BCUT2D eigenvalue weighted by atomic mass is 10.2. The molecule has 0 aliphatic carbocycles. The van der Waals surface area contributed by atoms with Crippen molar-refractivity contribution in [2.24, 2.45) is 0 Å². The van der Waals surface area contributed by atoms with Gasteiger partial charge in [-0.25, -0.2) is 0 Å². The molecule has 2 rings (SSSR count). The molecule has 0 aliphatic heterocycles. The summed E-state index contributed by atoms with van der Waals surface area (Å²) in [5.41, 5.74) is 0.845. The van der Waals surface area contributed by atoms with Crippen molar-refractivity contribution >= 4 is 46.4 Å². The predicted molar refractivity (Wildman–Crippen MR) is 77.5 cm³/mol. The number of anilines is 1. The van der Waals surface area contributed by atoms with E-state index in [9.17, 15) is 9.90 Å². The molecule has 0 spiro atoms. The van der Waals surface area contributed by atoms with Crippen LogP contribution in [-0.2, 0) is 0 Å². The zero-order valence-corrected chi connectivity index (χ0v) is 11.7. The second-order valence-corrected chi connectivity index (χ2v) is 4.97. The zero-order valence-electron chi connectivity index (χ0n) is 9.45. The van der Waals surface area contributed by atoms with Crippen LogP contribution in [0.2, 0.25) is 15.1 Å². The average Bonchev–Trinajstić information content (AvgIpc) is 2.37. The molecule has 19 heavy (non-hydrogen) atoms. The van der Waals surface area contributed by atoms with Crippen molar-refractivity contribution in [3.63, 3.8) is 0 Å². The molecule has 0 aliphatic rings. The number of nitrogens with one attached hydrogen (secondary N) is 1. The summed E-state index contributed by atoms with van der Waals surface area (Å²) in [4.78, 5) is 12.0. The maximum atomic E-state index is 12.0. The second-order valence-electron chi connectivity index (χ2n) is 3.75. The topological polar surface area (TPSA) is 49.3 Å². The molecule has 2 N–H and O–H groups in total. The fraction of sp³-hybridized carbons (Fsp3) is 0. The van der Waals surface area contributed by atoms with Crippen LogP contribution in [0.1, 0.15) is 10.4 Å². The van der Waals surface area contributed by atoms with E-state index in [2.05, 4.69) is 5.32 Å². The monoisotopic (exact) mass is 315 g/mol. The number of hydrogen-bond acceptors (Lipinski definition) is 2. The Labute approximate surface area is 124 Å². The maximum Gasteiger partial charge on any atom is 0.255 e. The number of amides is 1. The van der Waals surface area contributed by atoms with Crippen LogP contribution in [0.4, 0.5) is 5.69 Å². The molecule has 0 fully saturated rings. The van der Waals surface area contributed by atoms with E-state index in [0.29, 0.717) is 21.3 Å². The van der Waals surface area contributed by atoms with Gasteiger partial charge in [0.2, 0.25) is 0 Å². The van der Waals surface area contributed by atoms with Gasteiger partial charge >= 0.3 is 0 Å². The van der Waals surface area contributed by atoms with Gasteiger partial charge < -0.3 is 10.4 Å². The molecule has 0 bridgehead atoms. The van der Waals surface area contributed by atoms with E-state index in [0.717, 1.165) is 0 Å². The Kier molecular flexibility index (Phi) is 4.20. The van der Waals surface area contributed by atoms with Crippen molar-refractivity contribution in [2.75, 3.05) is 5.32 Å². The molecule has 2 aromatic carbocycles. The molecule has 98 valence electrons. The van der Waals surface area contributed by atoms with E-state index in [1.807, 2.05) is 0 Å². The smallest absolute Gasteiger partial charge is 0.255 e. The highest BCUT2D eigenvalue weighted by atomic mass is 35.5. The molecule has 0 atom stereocenters. The number of rotatable bonds is 2. The number of phenols is 1. The predicted octanol–water partition coefficient (Wildman–Crippen LogP) is 4.60. The fourth-order valence-electron chi connectivity index (χ4n) is 1.43. The molecule has 0 saturated carbocycles. The highest BCUT2D eigenvalue weighted by Crippen LogP contribution is 2.27. The largest absolute Gasteiger partial charge is 0.506 e. The molecule has 0 aromatic heterocycles. The Bertz CT molecular complexity index is 644. The third-order valence-corrected chi connectivity index (χ3v) is 3.43. The number of benzene rings is 2. The molecule has 0 radical (unpaired) electrons. The van der Waals surface area contributed by atoms with Crippen molar-refractivity contribution in [2.45, 2.75) is 0 Å². The van der Waals surface area contributed by atoms with Crippen molar-refractivity contribution in [1.82, 2.24) is 0 Å². The van der Waals surface area contributed by atoms with E-state index in [4.69, 9.17) is 34.8 Å². The Balaban J connectivity index is 2.20. The number of carbonyl (C=O) groups is 1. The average molecular weight is 317 g/mol. The van der Waals surface area contributed by atoms with Gasteiger partial charge in [0.25, 0.3) is 5.91 Å². The second kappa shape index (κ2) is 5.70. The maximum absolute atomic E-state index is 12.0. The third-order valence-electron chi connectivity index (χ3n) is 2.39. The summed E-state index contributed by atoms with van der Waals surface area (Å²) >= 11 is 17.4. The molecular weight excluding hydrogens is 309 g/mol. The molecule has 2 aromatic rings. The van der Waals surface area contributed by atoms with Gasteiger partial charge in [-0.15, -0.1) is 0 Å². The molecule has 0 saturated heterocycles. The van der Waals surface area contributed by atoms with Gasteiger partial charge in [0.15, 0.2) is 0 Å². The highest BCUT2D eigenvalue weighted by molar-refractivity contribution is 6.42. The summed E-state index contributed by atoms with van der Waals surface area (Å²) in [6.07, 6.45) is 0. The standard InChI is InChI=1S/C13H8Cl3NO2/c14-9-3-1-7(5-10(9)15)13(19)17-8-2-4-12(18)11(16)6-8/h1-6,18H,(H,17,19). The Hall–Kier alpha value is -1.42. The summed E-state index contributed by atoms with van der Waals surface area (Å²) < 4.78 is 0. The Morgan fingerprint density at radius 1 is 0.947 bits per heavy atom. The zero-order chi connectivity index (χ0) is 14.0. The number of aromatic hydroxyl groups is 1. The number of carbonyl (C=O) groups excluding carboxylic acids is 1.